The summed E-state index contributed by atoms with van der Waals surface area (Å²) in [7, 11) is 3.29. The fraction of sp³-hybridized carbons (Fsp3) is 0.409. The van der Waals surface area contributed by atoms with E-state index in [0.717, 1.165) is 18.0 Å². The fourth-order valence-corrected chi connectivity index (χ4v) is 4.08. The Hall–Kier alpha value is -3.67. The number of anilines is 2. The molecule has 4 heterocycles. The number of fused-ring (bicyclic) bond motifs is 1. The van der Waals surface area contributed by atoms with Crippen molar-refractivity contribution in [3.63, 3.8) is 0 Å². The number of nitrogens with one attached hydrogen (secondary N) is 1. The maximum Gasteiger partial charge on any atom is 0.350 e. The Bertz CT molecular complexity index is 1200. The van der Waals surface area contributed by atoms with Crippen molar-refractivity contribution in [2.24, 2.45) is 13.0 Å². The van der Waals surface area contributed by atoms with Gasteiger partial charge in [-0.15, -0.1) is 4.98 Å². The maximum atomic E-state index is 12.5. The van der Waals surface area contributed by atoms with E-state index in [1.165, 1.54) is 4.57 Å². The molecule has 160 valence electrons. The molecule has 31 heavy (non-hydrogen) atoms. The Morgan fingerprint density at radius 3 is 2.71 bits per heavy atom. The molecule has 1 fully saturated rings. The quantitative estimate of drug-likeness (QED) is 0.650. The zero-order valence-electron chi connectivity index (χ0n) is 18.0. The van der Waals surface area contributed by atoms with Crippen molar-refractivity contribution in [3.05, 3.63) is 52.4 Å². The Kier molecular flexibility index (Phi) is 5.46. The van der Waals surface area contributed by atoms with Crippen LogP contribution in [-0.4, -0.2) is 45.3 Å². The summed E-state index contributed by atoms with van der Waals surface area (Å²) in [5.41, 5.74) is 0.921. The number of aromatic nitrogens is 4. The number of rotatable bonds is 4. The zero-order chi connectivity index (χ0) is 22.1. The molecule has 1 saturated heterocycles. The van der Waals surface area contributed by atoms with Gasteiger partial charge >= 0.3 is 5.69 Å². The second-order valence-electron chi connectivity index (χ2n) is 7.97. The summed E-state index contributed by atoms with van der Waals surface area (Å²) >= 11 is 0. The minimum Gasteiger partial charge on any atom is -0.495 e. The molecule has 0 amide bonds. The summed E-state index contributed by atoms with van der Waals surface area (Å²) in [4.78, 5) is 31.3. The van der Waals surface area contributed by atoms with Gasteiger partial charge in [0, 0.05) is 25.7 Å². The van der Waals surface area contributed by atoms with Gasteiger partial charge in [-0.1, -0.05) is 13.5 Å². The third-order valence-corrected chi connectivity index (χ3v) is 5.91. The second kappa shape index (κ2) is 8.22. The zero-order valence-corrected chi connectivity index (χ0v) is 18.0. The van der Waals surface area contributed by atoms with Crippen molar-refractivity contribution in [2.45, 2.75) is 32.4 Å². The van der Waals surface area contributed by atoms with Crippen LogP contribution in [0.15, 0.2) is 35.3 Å². The summed E-state index contributed by atoms with van der Waals surface area (Å²) in [6.45, 7) is 12.3. The molecule has 9 heteroatoms. The summed E-state index contributed by atoms with van der Waals surface area (Å²) in [6, 6.07) is 7.52. The predicted molar refractivity (Wildman–Crippen MR) is 120 cm³/mol. The van der Waals surface area contributed by atoms with E-state index in [9.17, 15) is 4.79 Å². The molecule has 0 aliphatic carbocycles. The molecule has 3 atom stereocenters. The Labute approximate surface area is 180 Å². The highest BCUT2D eigenvalue weighted by molar-refractivity contribution is 5.87. The first-order valence-corrected chi connectivity index (χ1v) is 10.2. The van der Waals surface area contributed by atoms with Gasteiger partial charge in [0.25, 0.3) is 5.82 Å². The minimum atomic E-state index is -0.331. The lowest BCUT2D eigenvalue weighted by Crippen LogP contribution is -2.51. The van der Waals surface area contributed by atoms with E-state index in [1.807, 2.05) is 12.1 Å². The number of piperidine rings is 1. The maximum absolute atomic E-state index is 12.5. The highest BCUT2D eigenvalue weighted by Crippen LogP contribution is 2.32. The van der Waals surface area contributed by atoms with Crippen molar-refractivity contribution >= 4 is 28.5 Å². The molecule has 0 spiro atoms. The summed E-state index contributed by atoms with van der Waals surface area (Å²) in [6.07, 6.45) is 2.54. The second-order valence-corrected chi connectivity index (χ2v) is 7.97. The first-order valence-electron chi connectivity index (χ1n) is 10.2. The van der Waals surface area contributed by atoms with Crippen molar-refractivity contribution < 1.29 is 4.74 Å². The normalized spacial score (nSPS) is 21.0. The van der Waals surface area contributed by atoms with Crippen LogP contribution in [0.1, 0.15) is 20.3 Å². The number of methoxy groups -OCH3 is 1. The number of nitrogens with zero attached hydrogens (tertiary/aromatic N) is 6. The lowest BCUT2D eigenvalue weighted by atomic mass is 9.89. The third-order valence-electron chi connectivity index (χ3n) is 5.91. The largest absolute Gasteiger partial charge is 0.495 e. The van der Waals surface area contributed by atoms with Crippen LogP contribution in [0.25, 0.3) is 15.9 Å². The van der Waals surface area contributed by atoms with Crippen LogP contribution in [0.5, 0.6) is 5.75 Å². The van der Waals surface area contributed by atoms with Gasteiger partial charge in [-0.3, -0.25) is 4.57 Å². The van der Waals surface area contributed by atoms with Gasteiger partial charge in [0.1, 0.15) is 11.6 Å². The first-order chi connectivity index (χ1) is 14.9. The molecule has 0 bridgehead atoms. The molecule has 0 radical (unpaired) electrons. The van der Waals surface area contributed by atoms with Gasteiger partial charge in [0.2, 0.25) is 5.52 Å². The van der Waals surface area contributed by atoms with Crippen molar-refractivity contribution in [1.29, 1.82) is 0 Å². The monoisotopic (exact) mass is 419 g/mol. The molecule has 0 aromatic carbocycles. The lowest BCUT2D eigenvalue weighted by molar-refractivity contribution is 0.353. The summed E-state index contributed by atoms with van der Waals surface area (Å²) < 4.78 is 6.64. The van der Waals surface area contributed by atoms with Crippen LogP contribution in [-0.2, 0) is 7.05 Å². The SMILES string of the molecule is [C-]#[N+]c1ccc2c(n1)c(N1C[C@@H](C)C(Nc3ccc(OC)cn3)C[C@@H]1C)nc(=O)n2C. The molecule has 3 aromatic rings. The van der Waals surface area contributed by atoms with Crippen molar-refractivity contribution in [3.8, 4) is 5.75 Å². The van der Waals surface area contributed by atoms with Gasteiger partial charge in [-0.2, -0.15) is 4.98 Å². The van der Waals surface area contributed by atoms with Crippen molar-refractivity contribution in [2.75, 3.05) is 23.9 Å². The molecule has 0 saturated carbocycles. The number of pyridine rings is 2. The summed E-state index contributed by atoms with van der Waals surface area (Å²) in [5.74, 6) is 2.63. The Balaban J connectivity index is 1.63. The number of ether oxygens (including phenoxy) is 1. The molecule has 1 aliphatic heterocycles. The van der Waals surface area contributed by atoms with E-state index in [4.69, 9.17) is 11.3 Å². The summed E-state index contributed by atoms with van der Waals surface area (Å²) in [5, 5.41) is 3.53. The highest BCUT2D eigenvalue weighted by Gasteiger charge is 2.34. The average Bonchev–Trinajstić information content (AvgIpc) is 2.78. The van der Waals surface area contributed by atoms with E-state index in [-0.39, 0.29) is 29.5 Å². The molecule has 3 aromatic heterocycles. The van der Waals surface area contributed by atoms with Gasteiger partial charge in [-0.05, 0) is 43.5 Å². The van der Waals surface area contributed by atoms with Gasteiger partial charge in [-0.25, -0.2) is 9.78 Å². The fourth-order valence-electron chi connectivity index (χ4n) is 4.08. The number of hydrogen-bond acceptors (Lipinski definition) is 7. The van der Waals surface area contributed by atoms with E-state index in [0.29, 0.717) is 23.4 Å². The smallest absolute Gasteiger partial charge is 0.350 e. The Morgan fingerprint density at radius 2 is 2.03 bits per heavy atom. The third kappa shape index (κ3) is 3.89. The van der Waals surface area contributed by atoms with Crippen molar-refractivity contribution in [1.82, 2.24) is 19.5 Å². The molecule has 1 unspecified atom stereocenters. The van der Waals surface area contributed by atoms with E-state index in [2.05, 4.69) is 43.9 Å². The van der Waals surface area contributed by atoms with E-state index < -0.39 is 0 Å². The Morgan fingerprint density at radius 1 is 1.23 bits per heavy atom. The minimum absolute atomic E-state index is 0.119. The number of hydrogen-bond donors (Lipinski definition) is 1. The van der Waals surface area contributed by atoms with Crippen LogP contribution in [0.2, 0.25) is 0 Å². The van der Waals surface area contributed by atoms with Crippen LogP contribution in [0.3, 0.4) is 0 Å². The molecule has 4 rings (SSSR count). The molecular formula is C22H25N7O2. The molecule has 1 aliphatic rings. The van der Waals surface area contributed by atoms with Gasteiger partial charge < -0.3 is 19.8 Å². The first kappa shape index (κ1) is 20.6. The van der Waals surface area contributed by atoms with Gasteiger partial charge in [0.15, 0.2) is 5.82 Å². The lowest BCUT2D eigenvalue weighted by Gasteiger charge is -2.42. The van der Waals surface area contributed by atoms with Gasteiger partial charge in [0.05, 0.1) is 18.8 Å². The standard InChI is InChI=1S/C22H25N7O2/c1-13-12-29(14(2)10-16(13)25-19-8-6-15(31-5)11-24-19)21-20-17(28(4)22(30)27-21)7-9-18(23-3)26-20/h6-9,11,13-14,16H,10,12H2,1-2,4-5H3,(H,24,25)/t13-,14+,16?/m1/s1. The van der Waals surface area contributed by atoms with E-state index in [1.54, 1.807) is 32.5 Å². The van der Waals surface area contributed by atoms with E-state index >= 15 is 0 Å². The highest BCUT2D eigenvalue weighted by atomic mass is 16.5. The van der Waals surface area contributed by atoms with Crippen LogP contribution in [0, 0.1) is 12.5 Å². The van der Waals surface area contributed by atoms with Crippen LogP contribution >= 0.6 is 0 Å². The predicted octanol–water partition coefficient (Wildman–Crippen LogP) is 3.00. The molecular weight excluding hydrogens is 394 g/mol. The molecule has 1 N–H and O–H groups in total. The topological polar surface area (TPSA) is 89.5 Å². The molecule has 9 nitrogen and oxygen atoms in total. The number of aryl methyl sites for hydroxylation is 1. The average molecular weight is 419 g/mol. The van der Waals surface area contributed by atoms with Crippen LogP contribution in [0.4, 0.5) is 17.5 Å². The van der Waals surface area contributed by atoms with Crippen LogP contribution < -0.4 is 20.6 Å².